The Morgan fingerprint density at radius 3 is 2.16 bits per heavy atom. The summed E-state index contributed by atoms with van der Waals surface area (Å²) in [6, 6.07) is 12.7. The summed E-state index contributed by atoms with van der Waals surface area (Å²) in [5.74, 6) is -2.70. The Balaban J connectivity index is 1.59. The zero-order valence-electron chi connectivity index (χ0n) is 23.3. The number of rotatable bonds is 8. The van der Waals surface area contributed by atoms with Crippen molar-refractivity contribution in [2.75, 3.05) is 4.90 Å². The van der Waals surface area contributed by atoms with Gasteiger partial charge in [0.2, 0.25) is 9.84 Å². The third-order valence-corrected chi connectivity index (χ3v) is 10.4. The lowest BCUT2D eigenvalue weighted by Gasteiger charge is -2.25. The third kappa shape index (κ3) is 5.83. The zero-order chi connectivity index (χ0) is 32.8. The summed E-state index contributed by atoms with van der Waals surface area (Å²) in [5.41, 5.74) is -0.702. The van der Waals surface area contributed by atoms with E-state index in [0.29, 0.717) is 11.3 Å². The van der Waals surface area contributed by atoms with Crippen molar-refractivity contribution in [3.63, 3.8) is 0 Å². The van der Waals surface area contributed by atoms with Crippen LogP contribution in [0.4, 0.5) is 24.0 Å². The molecule has 10 nitrogen and oxygen atoms in total. The van der Waals surface area contributed by atoms with Crippen LogP contribution in [0.3, 0.4) is 0 Å². The maximum atomic E-state index is 13.8. The number of halogens is 3. The van der Waals surface area contributed by atoms with Crippen LogP contribution in [0, 0.1) is 10.1 Å². The van der Waals surface area contributed by atoms with Gasteiger partial charge in [0.05, 0.1) is 33.2 Å². The fraction of sp³-hybridized carbons (Fsp3) is 0.167. The number of benzene rings is 3. The van der Waals surface area contributed by atoms with E-state index >= 15 is 0 Å². The van der Waals surface area contributed by atoms with E-state index in [0.717, 1.165) is 65.2 Å². The van der Waals surface area contributed by atoms with Gasteiger partial charge in [0.15, 0.2) is 16.7 Å². The molecule has 0 spiro atoms. The molecule has 1 amide bonds. The fourth-order valence-electron chi connectivity index (χ4n) is 4.73. The van der Waals surface area contributed by atoms with Crippen LogP contribution < -0.4 is 4.90 Å². The maximum absolute atomic E-state index is 13.8. The second kappa shape index (κ2) is 11.6. The predicted octanol–water partition coefficient (Wildman–Crippen LogP) is 6.81. The van der Waals surface area contributed by atoms with Crippen molar-refractivity contribution in [3.8, 4) is 0 Å². The number of ketones is 1. The molecule has 1 unspecified atom stereocenters. The first kappa shape index (κ1) is 31.5. The van der Waals surface area contributed by atoms with Crippen molar-refractivity contribution >= 4 is 43.7 Å². The first-order chi connectivity index (χ1) is 21.1. The van der Waals surface area contributed by atoms with Gasteiger partial charge in [-0.3, -0.25) is 24.6 Å². The molecule has 2 heterocycles. The molecule has 1 aromatic heterocycles. The summed E-state index contributed by atoms with van der Waals surface area (Å²) in [6.45, 7) is 3.90. The molecule has 0 saturated carbocycles. The van der Waals surface area contributed by atoms with Crippen molar-refractivity contribution in [1.82, 2.24) is 4.98 Å². The molecule has 232 valence electrons. The van der Waals surface area contributed by atoms with Gasteiger partial charge in [-0.25, -0.2) is 13.4 Å². The van der Waals surface area contributed by atoms with E-state index in [1.807, 2.05) is 13.8 Å². The van der Waals surface area contributed by atoms with Gasteiger partial charge in [0, 0.05) is 17.7 Å². The summed E-state index contributed by atoms with van der Waals surface area (Å²) in [5, 5.41) is 21.7. The van der Waals surface area contributed by atoms with E-state index in [4.69, 9.17) is 0 Å². The number of amides is 1. The van der Waals surface area contributed by atoms with Gasteiger partial charge in [-0.2, -0.15) is 13.2 Å². The molecule has 45 heavy (non-hydrogen) atoms. The summed E-state index contributed by atoms with van der Waals surface area (Å²) in [7, 11) is -4.28. The molecule has 0 saturated heterocycles. The average Bonchev–Trinajstić information content (AvgIpc) is 3.60. The van der Waals surface area contributed by atoms with Crippen molar-refractivity contribution in [3.05, 3.63) is 123 Å². The molecule has 0 aliphatic carbocycles. The number of carbonyl (C=O) groups is 2. The maximum Gasteiger partial charge on any atom is 0.416 e. The van der Waals surface area contributed by atoms with E-state index in [2.05, 4.69) is 4.98 Å². The highest BCUT2D eigenvalue weighted by atomic mass is 32.2. The monoisotopic (exact) mass is 657 g/mol. The van der Waals surface area contributed by atoms with Gasteiger partial charge in [0.1, 0.15) is 4.21 Å². The lowest BCUT2D eigenvalue weighted by atomic mass is 9.91. The molecule has 15 heteroatoms. The summed E-state index contributed by atoms with van der Waals surface area (Å²) >= 11 is 0.512. The number of nitro groups is 1. The van der Waals surface area contributed by atoms with Gasteiger partial charge in [-0.15, -0.1) is 0 Å². The largest absolute Gasteiger partial charge is 0.503 e. The fourth-order valence-corrected chi connectivity index (χ4v) is 7.28. The molecule has 0 bridgehead atoms. The first-order valence-corrected chi connectivity index (χ1v) is 15.4. The minimum absolute atomic E-state index is 0.0255. The number of aromatic nitrogens is 1. The average molecular weight is 658 g/mol. The Kier molecular flexibility index (Phi) is 8.10. The summed E-state index contributed by atoms with van der Waals surface area (Å²) in [4.78, 5) is 42.1. The molecule has 1 N–H and O–H groups in total. The minimum atomic E-state index is -4.67. The number of aliphatic hydroxyl groups is 1. The van der Waals surface area contributed by atoms with Gasteiger partial charge in [-0.05, 0) is 41.3 Å². The van der Waals surface area contributed by atoms with Crippen LogP contribution >= 0.6 is 11.3 Å². The number of sulfone groups is 1. The Hall–Kier alpha value is -4.89. The van der Waals surface area contributed by atoms with Crippen LogP contribution in [0.5, 0.6) is 0 Å². The second-order valence-electron chi connectivity index (χ2n) is 10.3. The lowest BCUT2D eigenvalue weighted by molar-refractivity contribution is -0.384. The van der Waals surface area contributed by atoms with Crippen LogP contribution in [0.25, 0.3) is 0 Å². The smallest absolute Gasteiger partial charge is 0.416 e. The van der Waals surface area contributed by atoms with E-state index in [9.17, 15) is 46.4 Å². The van der Waals surface area contributed by atoms with Crippen molar-refractivity contribution < 1.29 is 41.2 Å². The first-order valence-electron chi connectivity index (χ1n) is 13.1. The molecule has 1 aliphatic rings. The summed E-state index contributed by atoms with van der Waals surface area (Å²) < 4.78 is 66.2. The molecule has 1 atom stereocenters. The van der Waals surface area contributed by atoms with Crippen molar-refractivity contribution in [2.45, 2.75) is 41.1 Å². The molecular formula is C30H22F3N3O7S2. The van der Waals surface area contributed by atoms with E-state index in [1.165, 1.54) is 12.1 Å². The van der Waals surface area contributed by atoms with Crippen LogP contribution in [0.1, 0.15) is 52.9 Å². The Morgan fingerprint density at radius 2 is 1.62 bits per heavy atom. The summed E-state index contributed by atoms with van der Waals surface area (Å²) in [6.07, 6.45) is -3.73. The van der Waals surface area contributed by atoms with Crippen LogP contribution in [0.2, 0.25) is 0 Å². The predicted molar refractivity (Wildman–Crippen MR) is 157 cm³/mol. The Labute approximate surface area is 258 Å². The Morgan fingerprint density at radius 1 is 1.02 bits per heavy atom. The normalized spacial score (nSPS) is 15.6. The Bertz CT molecular complexity index is 1950. The third-order valence-electron chi connectivity index (χ3n) is 7.15. The second-order valence-corrected chi connectivity index (χ2v) is 13.5. The molecule has 1 aliphatic heterocycles. The molecule has 0 fully saturated rings. The molecule has 5 rings (SSSR count). The number of Topliss-reactive ketones (excluding diaryl/α,β-unsaturated/α-hetero) is 1. The standard InChI is InChI=1S/C30H22F3N3O7S2/c1-16(2)17-3-5-19(6-4-17)26(37)24-25(18-7-9-20(10-8-18)30(31,32)33)35(28(39)27(24)38)29-34-15-23(44-29)45(42,43)22-13-11-21(12-14-22)36(40)41/h3-16,25,38H,1-2H3. The molecular weight excluding hydrogens is 635 g/mol. The molecule has 3 aromatic carbocycles. The topological polar surface area (TPSA) is 148 Å². The van der Waals surface area contributed by atoms with E-state index in [-0.39, 0.29) is 37.0 Å². The number of alkyl halides is 3. The highest BCUT2D eigenvalue weighted by molar-refractivity contribution is 7.93. The highest BCUT2D eigenvalue weighted by Gasteiger charge is 2.46. The number of nitrogens with zero attached hydrogens (tertiary/aromatic N) is 3. The SMILES string of the molecule is CC(C)c1ccc(C(=O)C2=C(O)C(=O)N(c3ncc(S(=O)(=O)c4ccc([N+](=O)[O-])cc4)s3)C2c2ccc(C(F)(F)F)cc2)cc1. The zero-order valence-corrected chi connectivity index (χ0v) is 25.0. The molecule has 4 aromatic rings. The van der Waals surface area contributed by atoms with Crippen molar-refractivity contribution in [2.24, 2.45) is 0 Å². The quantitative estimate of drug-likeness (QED) is 0.123. The number of aliphatic hydroxyl groups excluding tert-OH is 1. The van der Waals surface area contributed by atoms with Gasteiger partial charge >= 0.3 is 6.18 Å². The number of nitro benzene ring substituents is 1. The van der Waals surface area contributed by atoms with E-state index < -0.39 is 55.6 Å². The van der Waals surface area contributed by atoms with E-state index in [1.54, 1.807) is 12.1 Å². The molecule has 0 radical (unpaired) electrons. The lowest BCUT2D eigenvalue weighted by Crippen LogP contribution is -2.31. The van der Waals surface area contributed by atoms with Gasteiger partial charge < -0.3 is 5.11 Å². The highest BCUT2D eigenvalue weighted by Crippen LogP contribution is 2.45. The number of non-ortho nitro benzene ring substituents is 1. The van der Waals surface area contributed by atoms with Crippen LogP contribution in [0.15, 0.2) is 99.4 Å². The number of carbonyl (C=O) groups excluding carboxylic acids is 2. The van der Waals surface area contributed by atoms with Crippen molar-refractivity contribution in [1.29, 1.82) is 0 Å². The minimum Gasteiger partial charge on any atom is -0.503 e. The number of hydrogen-bond acceptors (Lipinski definition) is 9. The van der Waals surface area contributed by atoms with Crippen LogP contribution in [-0.4, -0.2) is 35.1 Å². The number of thiazole rings is 1. The number of anilines is 1. The van der Waals surface area contributed by atoms with Gasteiger partial charge in [0.25, 0.3) is 11.6 Å². The number of hydrogen-bond donors (Lipinski definition) is 1. The van der Waals surface area contributed by atoms with Crippen LogP contribution in [-0.2, 0) is 20.8 Å². The van der Waals surface area contributed by atoms with Gasteiger partial charge in [-0.1, -0.05) is 61.6 Å².